The third-order valence-corrected chi connectivity index (χ3v) is 2.26. The number of hydrogen-bond acceptors (Lipinski definition) is 3. The first kappa shape index (κ1) is 6.88. The van der Waals surface area contributed by atoms with E-state index in [0.717, 1.165) is 5.56 Å². The van der Waals surface area contributed by atoms with E-state index in [1.807, 2.05) is 0 Å². The molecule has 11 heavy (non-hydrogen) atoms. The van der Waals surface area contributed by atoms with Gasteiger partial charge in [-0.3, -0.25) is 0 Å². The van der Waals surface area contributed by atoms with Crippen molar-refractivity contribution in [2.75, 3.05) is 0 Å². The number of nitrogens with two attached hydrogens (primary N) is 1. The Bertz CT molecular complexity index is 237. The van der Waals surface area contributed by atoms with Gasteiger partial charge in [-0.25, -0.2) is 0 Å². The van der Waals surface area contributed by atoms with Crippen LogP contribution in [0.3, 0.4) is 0 Å². The molecule has 1 heterocycles. The van der Waals surface area contributed by atoms with Crippen LogP contribution in [0.5, 0.6) is 0 Å². The molecule has 3 heteroatoms. The maximum Gasteiger partial charge on any atom is 0.0963 e. The third kappa shape index (κ3) is 0.968. The smallest absolute Gasteiger partial charge is 0.0963 e. The van der Waals surface area contributed by atoms with E-state index in [1.54, 1.807) is 18.6 Å². The Morgan fingerprint density at radius 3 is 2.82 bits per heavy atom. The summed E-state index contributed by atoms with van der Waals surface area (Å²) in [5, 5.41) is 9.80. The number of rotatable bonds is 1. The van der Waals surface area contributed by atoms with Crippen LogP contribution in [0.4, 0.5) is 0 Å². The number of aliphatic hydroxyl groups is 1. The standard InChI is InChI=1S/C8H11NO2/c9-7-3-8(10,4-7)6-1-2-11-5-6/h1-2,5,7,10H,3-4,9H2. The van der Waals surface area contributed by atoms with E-state index < -0.39 is 5.60 Å². The molecule has 3 nitrogen and oxygen atoms in total. The van der Waals surface area contributed by atoms with Gasteiger partial charge >= 0.3 is 0 Å². The fourth-order valence-corrected chi connectivity index (χ4v) is 1.57. The van der Waals surface area contributed by atoms with Crippen molar-refractivity contribution < 1.29 is 9.52 Å². The minimum absolute atomic E-state index is 0.148. The highest BCUT2D eigenvalue weighted by atomic mass is 16.3. The van der Waals surface area contributed by atoms with Crippen molar-refractivity contribution in [1.82, 2.24) is 0 Å². The predicted molar refractivity (Wildman–Crippen MR) is 39.8 cm³/mol. The summed E-state index contributed by atoms with van der Waals surface area (Å²) in [6, 6.07) is 1.93. The monoisotopic (exact) mass is 153 g/mol. The molecular weight excluding hydrogens is 142 g/mol. The van der Waals surface area contributed by atoms with Gasteiger partial charge < -0.3 is 15.3 Å². The molecular formula is C8H11NO2. The van der Waals surface area contributed by atoms with Gasteiger partial charge in [-0.05, 0) is 18.9 Å². The first-order valence-corrected chi connectivity index (χ1v) is 3.71. The van der Waals surface area contributed by atoms with E-state index in [-0.39, 0.29) is 6.04 Å². The van der Waals surface area contributed by atoms with Crippen LogP contribution in [0.2, 0.25) is 0 Å². The van der Waals surface area contributed by atoms with Crippen LogP contribution in [-0.4, -0.2) is 11.1 Å². The SMILES string of the molecule is NC1CC(O)(c2ccoc2)C1. The molecule has 1 aliphatic carbocycles. The largest absolute Gasteiger partial charge is 0.472 e. The van der Waals surface area contributed by atoms with Crippen molar-refractivity contribution in [3.05, 3.63) is 24.2 Å². The maximum absolute atomic E-state index is 9.80. The summed E-state index contributed by atoms with van der Waals surface area (Å²) in [5.74, 6) is 0. The third-order valence-electron chi connectivity index (χ3n) is 2.26. The van der Waals surface area contributed by atoms with Crippen molar-refractivity contribution in [3.8, 4) is 0 Å². The van der Waals surface area contributed by atoms with Crippen LogP contribution in [0.15, 0.2) is 23.0 Å². The highest BCUT2D eigenvalue weighted by Crippen LogP contribution is 2.40. The Hall–Kier alpha value is -0.800. The molecule has 3 N–H and O–H groups in total. The van der Waals surface area contributed by atoms with Crippen molar-refractivity contribution in [3.63, 3.8) is 0 Å². The normalized spacial score (nSPS) is 36.7. The minimum Gasteiger partial charge on any atom is -0.472 e. The van der Waals surface area contributed by atoms with Crippen LogP contribution in [0.1, 0.15) is 18.4 Å². The van der Waals surface area contributed by atoms with Gasteiger partial charge in [0.25, 0.3) is 0 Å². The molecule has 1 aromatic heterocycles. The lowest BCUT2D eigenvalue weighted by Crippen LogP contribution is -2.48. The molecule has 60 valence electrons. The van der Waals surface area contributed by atoms with Gasteiger partial charge in [0, 0.05) is 11.6 Å². The lowest BCUT2D eigenvalue weighted by Gasteiger charge is -2.41. The molecule has 1 fully saturated rings. The molecule has 0 radical (unpaired) electrons. The number of hydrogen-bond donors (Lipinski definition) is 2. The molecule has 1 saturated carbocycles. The van der Waals surface area contributed by atoms with Gasteiger partial charge in [0.2, 0.25) is 0 Å². The lowest BCUT2D eigenvalue weighted by atomic mass is 9.73. The highest BCUT2D eigenvalue weighted by molar-refractivity contribution is 5.21. The van der Waals surface area contributed by atoms with E-state index in [2.05, 4.69) is 0 Å². The molecule has 1 aliphatic rings. The minimum atomic E-state index is -0.702. The molecule has 0 saturated heterocycles. The first-order chi connectivity index (χ1) is 5.21. The van der Waals surface area contributed by atoms with Crippen molar-refractivity contribution in [2.45, 2.75) is 24.5 Å². The summed E-state index contributed by atoms with van der Waals surface area (Å²) in [5.41, 5.74) is 5.71. The molecule has 0 unspecified atom stereocenters. The van der Waals surface area contributed by atoms with Crippen molar-refractivity contribution in [2.24, 2.45) is 5.73 Å². The summed E-state index contributed by atoms with van der Waals surface area (Å²) in [6.07, 6.45) is 4.43. The summed E-state index contributed by atoms with van der Waals surface area (Å²) in [7, 11) is 0. The Balaban J connectivity index is 2.18. The molecule has 0 aromatic carbocycles. The summed E-state index contributed by atoms with van der Waals surface area (Å²) in [6.45, 7) is 0. The second-order valence-corrected chi connectivity index (χ2v) is 3.21. The zero-order valence-electron chi connectivity index (χ0n) is 6.16. The maximum atomic E-state index is 9.80. The molecule has 0 aliphatic heterocycles. The zero-order valence-corrected chi connectivity index (χ0v) is 6.16. The van der Waals surface area contributed by atoms with E-state index in [9.17, 15) is 5.11 Å². The Morgan fingerprint density at radius 1 is 1.64 bits per heavy atom. The quantitative estimate of drug-likeness (QED) is 0.620. The van der Waals surface area contributed by atoms with Crippen LogP contribution >= 0.6 is 0 Å². The van der Waals surface area contributed by atoms with E-state index in [0.29, 0.717) is 12.8 Å². The van der Waals surface area contributed by atoms with E-state index >= 15 is 0 Å². The lowest BCUT2D eigenvalue weighted by molar-refractivity contribution is -0.0526. The Labute approximate surface area is 64.8 Å². The van der Waals surface area contributed by atoms with Crippen molar-refractivity contribution in [1.29, 1.82) is 0 Å². The molecule has 0 bridgehead atoms. The molecule has 0 amide bonds. The molecule has 2 rings (SSSR count). The van der Waals surface area contributed by atoms with Gasteiger partial charge in [0.1, 0.15) is 0 Å². The average Bonchev–Trinajstić information content (AvgIpc) is 2.34. The van der Waals surface area contributed by atoms with Crippen LogP contribution in [0, 0.1) is 0 Å². The zero-order chi connectivity index (χ0) is 7.90. The fourth-order valence-electron chi connectivity index (χ4n) is 1.57. The average molecular weight is 153 g/mol. The van der Waals surface area contributed by atoms with Crippen LogP contribution in [0.25, 0.3) is 0 Å². The van der Waals surface area contributed by atoms with Gasteiger partial charge in [-0.1, -0.05) is 0 Å². The van der Waals surface area contributed by atoms with Gasteiger partial charge in [-0.2, -0.15) is 0 Å². The Kier molecular flexibility index (Phi) is 1.31. The van der Waals surface area contributed by atoms with Gasteiger partial charge in [-0.15, -0.1) is 0 Å². The molecule has 0 spiro atoms. The summed E-state index contributed by atoms with van der Waals surface area (Å²) >= 11 is 0. The van der Waals surface area contributed by atoms with E-state index in [1.165, 1.54) is 0 Å². The van der Waals surface area contributed by atoms with Gasteiger partial charge in [0.05, 0.1) is 18.1 Å². The second-order valence-electron chi connectivity index (χ2n) is 3.21. The summed E-state index contributed by atoms with van der Waals surface area (Å²) < 4.78 is 4.87. The van der Waals surface area contributed by atoms with Gasteiger partial charge in [0.15, 0.2) is 0 Å². The highest BCUT2D eigenvalue weighted by Gasteiger charge is 2.42. The van der Waals surface area contributed by atoms with Crippen LogP contribution in [-0.2, 0) is 5.60 Å². The first-order valence-electron chi connectivity index (χ1n) is 3.71. The Morgan fingerprint density at radius 2 is 2.36 bits per heavy atom. The predicted octanol–water partition coefficient (Wildman–Crippen LogP) is 0.588. The summed E-state index contributed by atoms with van der Waals surface area (Å²) in [4.78, 5) is 0. The topological polar surface area (TPSA) is 59.4 Å². The molecule has 1 aromatic rings. The number of furan rings is 1. The molecule has 0 atom stereocenters. The fraction of sp³-hybridized carbons (Fsp3) is 0.500. The van der Waals surface area contributed by atoms with Crippen molar-refractivity contribution >= 4 is 0 Å². The second kappa shape index (κ2) is 2.09. The van der Waals surface area contributed by atoms with Crippen LogP contribution < -0.4 is 5.73 Å². The van der Waals surface area contributed by atoms with E-state index in [4.69, 9.17) is 10.2 Å².